The summed E-state index contributed by atoms with van der Waals surface area (Å²) in [6, 6.07) is 1.71. The summed E-state index contributed by atoms with van der Waals surface area (Å²) in [4.78, 5) is 13.6. The zero-order valence-corrected chi connectivity index (χ0v) is 11.1. The van der Waals surface area contributed by atoms with Crippen molar-refractivity contribution >= 4 is 5.91 Å². The number of hydrazine groups is 1. The van der Waals surface area contributed by atoms with Crippen molar-refractivity contribution in [3.05, 3.63) is 23.7 Å². The number of carbonyl (C=O) groups excluding carboxylic acids is 1. The molecule has 2 rings (SSSR count). The zero-order valence-electron chi connectivity index (χ0n) is 11.1. The van der Waals surface area contributed by atoms with Crippen LogP contribution in [0.2, 0.25) is 0 Å². The molecule has 1 aliphatic heterocycles. The Morgan fingerprint density at radius 3 is 2.89 bits per heavy atom. The zero-order chi connectivity index (χ0) is 13.8. The van der Waals surface area contributed by atoms with Gasteiger partial charge in [0.05, 0.1) is 18.2 Å². The molecule has 19 heavy (non-hydrogen) atoms. The van der Waals surface area contributed by atoms with Gasteiger partial charge < -0.3 is 9.52 Å². The molecule has 1 aromatic rings. The van der Waals surface area contributed by atoms with Gasteiger partial charge in [-0.2, -0.15) is 0 Å². The quantitative estimate of drug-likeness (QED) is 0.419. The molecule has 2 heterocycles. The number of amides is 1. The van der Waals surface area contributed by atoms with Crippen LogP contribution in [0.3, 0.4) is 0 Å². The van der Waals surface area contributed by atoms with Crippen LogP contribution in [-0.2, 0) is 6.54 Å². The minimum Gasteiger partial charge on any atom is -0.467 e. The van der Waals surface area contributed by atoms with Crippen LogP contribution in [0, 0.1) is 5.92 Å². The third kappa shape index (κ3) is 3.56. The van der Waals surface area contributed by atoms with Crippen LogP contribution in [0.5, 0.6) is 0 Å². The Morgan fingerprint density at radius 1 is 1.63 bits per heavy atom. The maximum absolute atomic E-state index is 11.3. The lowest BCUT2D eigenvalue weighted by molar-refractivity contribution is 0.0673. The monoisotopic (exact) mass is 267 g/mol. The van der Waals surface area contributed by atoms with E-state index in [0.29, 0.717) is 18.0 Å². The van der Waals surface area contributed by atoms with Crippen LogP contribution < -0.4 is 11.3 Å². The molecule has 6 nitrogen and oxygen atoms in total. The summed E-state index contributed by atoms with van der Waals surface area (Å²) in [6.07, 6.45) is 3.17. The number of nitrogen functional groups attached to an aromatic ring is 1. The number of nitrogens with zero attached hydrogens (tertiary/aromatic N) is 1. The largest absolute Gasteiger partial charge is 0.467 e. The average Bonchev–Trinajstić information content (AvgIpc) is 2.87. The second kappa shape index (κ2) is 6.18. The lowest BCUT2D eigenvalue weighted by Crippen LogP contribution is -2.36. The fourth-order valence-electron chi connectivity index (χ4n) is 2.48. The standard InChI is InChI=1S/C13H21N3O3/c1-9(17)10-2-4-16(5-3-10)7-12-6-11(8-19-12)13(18)15-14/h6,8-10,17H,2-5,7,14H2,1H3,(H,15,18). The highest BCUT2D eigenvalue weighted by Crippen LogP contribution is 2.22. The number of aliphatic hydroxyl groups excluding tert-OH is 1. The molecular weight excluding hydrogens is 246 g/mol. The lowest BCUT2D eigenvalue weighted by Gasteiger charge is -2.32. The fraction of sp³-hybridized carbons (Fsp3) is 0.615. The van der Waals surface area contributed by atoms with Gasteiger partial charge in [-0.3, -0.25) is 15.1 Å². The van der Waals surface area contributed by atoms with Gasteiger partial charge in [-0.1, -0.05) is 0 Å². The second-order valence-corrected chi connectivity index (χ2v) is 5.13. The molecule has 1 aromatic heterocycles. The van der Waals surface area contributed by atoms with Crippen LogP contribution in [0.15, 0.2) is 16.7 Å². The molecule has 0 saturated carbocycles. The van der Waals surface area contributed by atoms with E-state index in [9.17, 15) is 9.90 Å². The molecule has 0 radical (unpaired) electrons. The van der Waals surface area contributed by atoms with E-state index in [1.54, 1.807) is 6.07 Å². The Bertz CT molecular complexity index is 423. The van der Waals surface area contributed by atoms with E-state index in [0.717, 1.165) is 31.7 Å². The Labute approximate surface area is 112 Å². The van der Waals surface area contributed by atoms with E-state index in [1.807, 2.05) is 6.92 Å². The molecule has 1 unspecified atom stereocenters. The molecule has 1 atom stereocenters. The van der Waals surface area contributed by atoms with Crippen molar-refractivity contribution in [3.8, 4) is 0 Å². The van der Waals surface area contributed by atoms with Crippen LogP contribution in [-0.4, -0.2) is 35.1 Å². The molecule has 106 valence electrons. The third-order valence-corrected chi connectivity index (χ3v) is 3.74. The molecular formula is C13H21N3O3. The predicted molar refractivity (Wildman–Crippen MR) is 70.0 cm³/mol. The van der Waals surface area contributed by atoms with E-state index in [2.05, 4.69) is 10.3 Å². The number of nitrogens with one attached hydrogen (secondary N) is 1. The van der Waals surface area contributed by atoms with Gasteiger partial charge in [-0.05, 0) is 44.8 Å². The summed E-state index contributed by atoms with van der Waals surface area (Å²) >= 11 is 0. The van der Waals surface area contributed by atoms with Crippen molar-refractivity contribution in [3.63, 3.8) is 0 Å². The van der Waals surface area contributed by atoms with E-state index in [4.69, 9.17) is 10.3 Å². The predicted octanol–water partition coefficient (Wildman–Crippen LogP) is 0.476. The topological polar surface area (TPSA) is 91.7 Å². The molecule has 0 bridgehead atoms. The Balaban J connectivity index is 1.85. The van der Waals surface area contributed by atoms with Crippen LogP contribution in [0.25, 0.3) is 0 Å². The molecule has 0 spiro atoms. The molecule has 1 saturated heterocycles. The van der Waals surface area contributed by atoms with Crippen molar-refractivity contribution < 1.29 is 14.3 Å². The number of aliphatic hydroxyl groups is 1. The Kier molecular flexibility index (Phi) is 4.57. The number of likely N-dealkylation sites (tertiary alicyclic amines) is 1. The minimum atomic E-state index is -0.345. The van der Waals surface area contributed by atoms with E-state index in [-0.39, 0.29) is 12.0 Å². The number of hydrogen-bond acceptors (Lipinski definition) is 5. The first kappa shape index (κ1) is 14.0. The summed E-state index contributed by atoms with van der Waals surface area (Å²) in [5.74, 6) is 5.87. The maximum atomic E-state index is 11.3. The highest BCUT2D eigenvalue weighted by molar-refractivity contribution is 5.93. The number of rotatable bonds is 4. The van der Waals surface area contributed by atoms with Crippen molar-refractivity contribution in [2.75, 3.05) is 13.1 Å². The second-order valence-electron chi connectivity index (χ2n) is 5.13. The summed E-state index contributed by atoms with van der Waals surface area (Å²) in [6.45, 7) is 4.41. The Morgan fingerprint density at radius 2 is 2.32 bits per heavy atom. The van der Waals surface area contributed by atoms with Gasteiger partial charge in [0, 0.05) is 0 Å². The van der Waals surface area contributed by atoms with Crippen molar-refractivity contribution in [1.82, 2.24) is 10.3 Å². The molecule has 0 aromatic carbocycles. The van der Waals surface area contributed by atoms with Gasteiger partial charge in [-0.25, -0.2) is 5.84 Å². The fourth-order valence-corrected chi connectivity index (χ4v) is 2.48. The first-order valence-corrected chi connectivity index (χ1v) is 6.59. The number of carbonyl (C=O) groups is 1. The third-order valence-electron chi connectivity index (χ3n) is 3.74. The summed E-state index contributed by atoms with van der Waals surface area (Å²) in [7, 11) is 0. The lowest BCUT2D eigenvalue weighted by atomic mass is 9.92. The molecule has 1 aliphatic rings. The van der Waals surface area contributed by atoms with Gasteiger partial charge in [0.15, 0.2) is 0 Å². The van der Waals surface area contributed by atoms with Crippen molar-refractivity contribution in [1.29, 1.82) is 0 Å². The molecule has 6 heteroatoms. The summed E-state index contributed by atoms with van der Waals surface area (Å²) in [5.41, 5.74) is 2.52. The van der Waals surface area contributed by atoms with Crippen molar-refractivity contribution in [2.45, 2.75) is 32.4 Å². The van der Waals surface area contributed by atoms with Gasteiger partial charge in [0.1, 0.15) is 12.0 Å². The molecule has 0 aliphatic carbocycles. The first-order chi connectivity index (χ1) is 9.10. The number of piperidine rings is 1. The summed E-state index contributed by atoms with van der Waals surface area (Å²) < 4.78 is 5.36. The maximum Gasteiger partial charge on any atom is 0.268 e. The van der Waals surface area contributed by atoms with Gasteiger partial charge in [0.25, 0.3) is 5.91 Å². The SMILES string of the molecule is CC(O)C1CCN(Cc2cc(C(=O)NN)co2)CC1. The van der Waals surface area contributed by atoms with Crippen molar-refractivity contribution in [2.24, 2.45) is 11.8 Å². The molecule has 1 fully saturated rings. The number of furan rings is 1. The number of nitrogens with two attached hydrogens (primary N) is 1. The van der Waals surface area contributed by atoms with E-state index >= 15 is 0 Å². The normalized spacial score (nSPS) is 19.3. The van der Waals surface area contributed by atoms with Gasteiger partial charge in [0.2, 0.25) is 0 Å². The van der Waals surface area contributed by atoms with E-state index in [1.165, 1.54) is 6.26 Å². The highest BCUT2D eigenvalue weighted by Gasteiger charge is 2.23. The Hall–Kier alpha value is -1.37. The number of hydrogen-bond donors (Lipinski definition) is 3. The van der Waals surface area contributed by atoms with Crippen LogP contribution in [0.4, 0.5) is 0 Å². The average molecular weight is 267 g/mol. The first-order valence-electron chi connectivity index (χ1n) is 6.59. The minimum absolute atomic E-state index is 0.231. The molecule has 1 amide bonds. The molecule has 4 N–H and O–H groups in total. The highest BCUT2D eigenvalue weighted by atomic mass is 16.3. The van der Waals surface area contributed by atoms with Gasteiger partial charge in [-0.15, -0.1) is 0 Å². The van der Waals surface area contributed by atoms with E-state index < -0.39 is 0 Å². The van der Waals surface area contributed by atoms with Gasteiger partial charge >= 0.3 is 0 Å². The summed E-state index contributed by atoms with van der Waals surface area (Å²) in [5, 5.41) is 9.55. The van der Waals surface area contributed by atoms with Crippen LogP contribution >= 0.6 is 0 Å². The smallest absolute Gasteiger partial charge is 0.268 e. The van der Waals surface area contributed by atoms with Crippen LogP contribution in [0.1, 0.15) is 35.9 Å².